The molecule has 1 aromatic heterocycles. The van der Waals surface area contributed by atoms with Gasteiger partial charge >= 0.3 is 5.97 Å². The van der Waals surface area contributed by atoms with Gasteiger partial charge in [-0.05, 0) is 31.5 Å². The van der Waals surface area contributed by atoms with Crippen LogP contribution in [0, 0.1) is 13.8 Å². The van der Waals surface area contributed by atoms with Crippen molar-refractivity contribution in [3.8, 4) is 0 Å². The zero-order valence-corrected chi connectivity index (χ0v) is 13.7. The van der Waals surface area contributed by atoms with Crippen LogP contribution in [0.1, 0.15) is 38.4 Å². The zero-order valence-electron chi connectivity index (χ0n) is 12.1. The van der Waals surface area contributed by atoms with Crippen molar-refractivity contribution in [2.45, 2.75) is 26.3 Å². The van der Waals surface area contributed by atoms with E-state index in [0.29, 0.717) is 16.3 Å². The summed E-state index contributed by atoms with van der Waals surface area (Å²) in [6, 6.07) is 6.10. The number of hydrogen-bond acceptors (Lipinski definition) is 4. The number of benzene rings is 1. The van der Waals surface area contributed by atoms with Crippen molar-refractivity contribution in [1.29, 1.82) is 0 Å². The summed E-state index contributed by atoms with van der Waals surface area (Å²) in [4.78, 5) is 28.4. The van der Waals surface area contributed by atoms with E-state index in [1.165, 1.54) is 11.3 Å². The number of aromatic nitrogens is 1. The first-order chi connectivity index (χ1) is 10.4. The maximum absolute atomic E-state index is 12.3. The minimum atomic E-state index is -0.994. The summed E-state index contributed by atoms with van der Waals surface area (Å²) in [6.07, 6.45) is -0.213. The molecule has 0 aliphatic carbocycles. The Morgan fingerprint density at radius 1 is 1.32 bits per heavy atom. The van der Waals surface area contributed by atoms with E-state index < -0.39 is 12.0 Å². The van der Waals surface area contributed by atoms with Crippen LogP contribution in [0.15, 0.2) is 24.3 Å². The van der Waals surface area contributed by atoms with Gasteiger partial charge in [0, 0.05) is 9.90 Å². The Bertz CT molecular complexity index is 697. The molecule has 0 fully saturated rings. The quantitative estimate of drug-likeness (QED) is 0.876. The summed E-state index contributed by atoms with van der Waals surface area (Å²) in [5, 5.41) is 13.1. The molecule has 1 atom stereocenters. The molecule has 0 radical (unpaired) electrons. The molecule has 0 saturated heterocycles. The number of carboxylic acid groups (broad SMARTS) is 1. The van der Waals surface area contributed by atoms with Crippen molar-refractivity contribution < 1.29 is 14.7 Å². The van der Waals surface area contributed by atoms with Crippen LogP contribution in [0.4, 0.5) is 0 Å². The molecule has 0 saturated carbocycles. The van der Waals surface area contributed by atoms with E-state index in [4.69, 9.17) is 16.7 Å². The van der Waals surface area contributed by atoms with Crippen LogP contribution in [0.5, 0.6) is 0 Å². The van der Waals surface area contributed by atoms with E-state index in [2.05, 4.69) is 10.3 Å². The number of carbonyl (C=O) groups is 2. The smallest absolute Gasteiger partial charge is 0.305 e. The molecule has 7 heteroatoms. The van der Waals surface area contributed by atoms with Gasteiger partial charge < -0.3 is 10.4 Å². The van der Waals surface area contributed by atoms with E-state index in [1.807, 2.05) is 13.8 Å². The fourth-order valence-electron chi connectivity index (χ4n) is 2.09. The van der Waals surface area contributed by atoms with E-state index >= 15 is 0 Å². The highest BCUT2D eigenvalue weighted by Crippen LogP contribution is 2.22. The molecule has 2 N–H and O–H groups in total. The van der Waals surface area contributed by atoms with Crippen molar-refractivity contribution in [1.82, 2.24) is 10.3 Å². The predicted octanol–water partition coefficient (Wildman–Crippen LogP) is 3.36. The van der Waals surface area contributed by atoms with Crippen LogP contribution in [-0.2, 0) is 4.79 Å². The van der Waals surface area contributed by atoms with Gasteiger partial charge in [-0.2, -0.15) is 0 Å². The Hall–Kier alpha value is -1.92. The highest BCUT2D eigenvalue weighted by molar-refractivity contribution is 7.11. The molecule has 1 amide bonds. The minimum absolute atomic E-state index is 0.213. The normalized spacial score (nSPS) is 12.0. The second-order valence-electron chi connectivity index (χ2n) is 4.81. The Morgan fingerprint density at radius 3 is 2.45 bits per heavy atom. The van der Waals surface area contributed by atoms with Gasteiger partial charge in [0.15, 0.2) is 0 Å². The van der Waals surface area contributed by atoms with E-state index in [-0.39, 0.29) is 12.3 Å². The molecule has 0 bridgehead atoms. The van der Waals surface area contributed by atoms with Crippen LogP contribution in [0.3, 0.4) is 0 Å². The Labute approximate surface area is 137 Å². The lowest BCUT2D eigenvalue weighted by Crippen LogP contribution is -2.30. The highest BCUT2D eigenvalue weighted by atomic mass is 35.5. The van der Waals surface area contributed by atoms with E-state index in [9.17, 15) is 9.59 Å². The monoisotopic (exact) mass is 338 g/mol. The van der Waals surface area contributed by atoms with Gasteiger partial charge in [0.2, 0.25) is 0 Å². The molecule has 2 rings (SSSR count). The van der Waals surface area contributed by atoms with Gasteiger partial charge in [0.1, 0.15) is 5.69 Å². The molecule has 0 aliphatic heterocycles. The largest absolute Gasteiger partial charge is 0.481 e. The fourth-order valence-corrected chi connectivity index (χ4v) is 3.03. The third-order valence-electron chi connectivity index (χ3n) is 3.08. The number of rotatable bonds is 5. The number of aliphatic carboxylic acids is 1. The van der Waals surface area contributed by atoms with Gasteiger partial charge in [-0.3, -0.25) is 9.59 Å². The van der Waals surface area contributed by atoms with E-state index in [0.717, 1.165) is 9.88 Å². The molecule has 0 unspecified atom stereocenters. The summed E-state index contributed by atoms with van der Waals surface area (Å²) in [6.45, 7) is 3.64. The lowest BCUT2D eigenvalue weighted by Gasteiger charge is -2.17. The number of hydrogen-bond donors (Lipinski definition) is 2. The molecule has 22 heavy (non-hydrogen) atoms. The van der Waals surface area contributed by atoms with Gasteiger partial charge in [-0.25, -0.2) is 4.98 Å². The van der Waals surface area contributed by atoms with Crippen LogP contribution in [0.2, 0.25) is 5.02 Å². The van der Waals surface area contributed by atoms with Crippen molar-refractivity contribution in [3.05, 3.63) is 50.4 Å². The summed E-state index contributed by atoms with van der Waals surface area (Å²) in [5.74, 6) is -1.37. The first kappa shape index (κ1) is 16.5. The molecular weight excluding hydrogens is 324 g/mol. The summed E-state index contributed by atoms with van der Waals surface area (Å²) < 4.78 is 0. The maximum atomic E-state index is 12.3. The van der Waals surface area contributed by atoms with Crippen LogP contribution in [-0.4, -0.2) is 22.0 Å². The molecule has 0 spiro atoms. The van der Waals surface area contributed by atoms with Crippen molar-refractivity contribution >= 4 is 34.8 Å². The Balaban J connectivity index is 2.23. The third-order valence-corrected chi connectivity index (χ3v) is 4.21. The van der Waals surface area contributed by atoms with Gasteiger partial charge in [-0.15, -0.1) is 11.3 Å². The average molecular weight is 339 g/mol. The number of halogens is 1. The average Bonchev–Trinajstić information content (AvgIpc) is 2.77. The number of amides is 1. The maximum Gasteiger partial charge on any atom is 0.305 e. The van der Waals surface area contributed by atoms with Crippen molar-refractivity contribution in [2.75, 3.05) is 0 Å². The second-order valence-corrected chi connectivity index (χ2v) is 6.66. The Morgan fingerprint density at radius 2 is 1.95 bits per heavy atom. The van der Waals surface area contributed by atoms with Crippen LogP contribution >= 0.6 is 22.9 Å². The lowest BCUT2D eigenvalue weighted by molar-refractivity contribution is -0.137. The molecule has 5 nitrogen and oxygen atoms in total. The second kappa shape index (κ2) is 6.89. The Kier molecular flexibility index (Phi) is 5.15. The molecular formula is C15H15ClN2O3S. The molecule has 1 aromatic carbocycles. The zero-order chi connectivity index (χ0) is 16.3. The molecule has 116 valence electrons. The minimum Gasteiger partial charge on any atom is -0.481 e. The highest BCUT2D eigenvalue weighted by Gasteiger charge is 2.21. The van der Waals surface area contributed by atoms with E-state index in [1.54, 1.807) is 24.3 Å². The SMILES string of the molecule is Cc1nc(C(=O)N[C@@H](CC(=O)O)c2ccc(Cl)cc2)c(C)s1. The van der Waals surface area contributed by atoms with Gasteiger partial charge in [0.25, 0.3) is 5.91 Å². The number of carbonyl (C=O) groups excluding carboxylic acids is 1. The van der Waals surface area contributed by atoms with Gasteiger partial charge in [-0.1, -0.05) is 23.7 Å². The summed E-state index contributed by atoms with van der Waals surface area (Å²) in [7, 11) is 0. The first-order valence-electron chi connectivity index (χ1n) is 6.59. The fraction of sp³-hybridized carbons (Fsp3) is 0.267. The summed E-state index contributed by atoms with van der Waals surface area (Å²) in [5.41, 5.74) is 1.02. The number of thiazole rings is 1. The molecule has 2 aromatic rings. The topological polar surface area (TPSA) is 79.3 Å². The third kappa shape index (κ3) is 4.05. The first-order valence-corrected chi connectivity index (χ1v) is 7.78. The lowest BCUT2D eigenvalue weighted by atomic mass is 10.0. The standard InChI is InChI=1S/C15H15ClN2O3S/c1-8-14(17-9(2)22-8)15(21)18-12(7-13(19)20)10-3-5-11(16)6-4-10/h3-6,12H,7H2,1-2H3,(H,18,21)(H,19,20)/t12-/m0/s1. The number of aryl methyl sites for hydroxylation is 2. The predicted molar refractivity (Wildman–Crippen MR) is 85.5 cm³/mol. The number of nitrogens with zero attached hydrogens (tertiary/aromatic N) is 1. The van der Waals surface area contributed by atoms with Crippen molar-refractivity contribution in [2.24, 2.45) is 0 Å². The van der Waals surface area contributed by atoms with Crippen LogP contribution < -0.4 is 5.32 Å². The molecule has 0 aliphatic rings. The summed E-state index contributed by atoms with van der Waals surface area (Å²) >= 11 is 7.27. The van der Waals surface area contributed by atoms with Crippen molar-refractivity contribution in [3.63, 3.8) is 0 Å². The van der Waals surface area contributed by atoms with Gasteiger partial charge in [0.05, 0.1) is 17.5 Å². The number of carboxylic acids is 1. The number of nitrogens with one attached hydrogen (secondary N) is 1. The van der Waals surface area contributed by atoms with Crippen LogP contribution in [0.25, 0.3) is 0 Å². The molecule has 1 heterocycles.